The van der Waals surface area contributed by atoms with Gasteiger partial charge in [0, 0.05) is 38.0 Å². The lowest BCUT2D eigenvalue weighted by Crippen LogP contribution is -2.57. The Morgan fingerprint density at radius 3 is 2.88 bits per heavy atom. The molecule has 1 N–H and O–H groups in total. The van der Waals surface area contributed by atoms with Gasteiger partial charge in [-0.15, -0.1) is 0 Å². The van der Waals surface area contributed by atoms with Crippen molar-refractivity contribution >= 4 is 11.7 Å². The molecule has 1 saturated carbocycles. The lowest BCUT2D eigenvalue weighted by molar-refractivity contribution is -0.143. The van der Waals surface area contributed by atoms with Gasteiger partial charge in [-0.25, -0.2) is 23.2 Å². The third kappa shape index (κ3) is 3.26. The summed E-state index contributed by atoms with van der Waals surface area (Å²) in [5.41, 5.74) is 0.505. The zero-order valence-corrected chi connectivity index (χ0v) is 14.0. The van der Waals surface area contributed by atoms with E-state index in [-0.39, 0.29) is 37.4 Å². The van der Waals surface area contributed by atoms with E-state index in [1.54, 1.807) is 46.4 Å². The van der Waals surface area contributed by atoms with E-state index >= 15 is 0 Å². The average molecular weight is 363 g/mol. The molecule has 1 unspecified atom stereocenters. The summed E-state index contributed by atoms with van der Waals surface area (Å²) in [6.45, 7) is 1.05. The molecule has 0 bridgehead atoms. The smallest absolute Gasteiger partial charge is 0.322 e. The van der Waals surface area contributed by atoms with Gasteiger partial charge in [-0.2, -0.15) is 5.10 Å². The molecule has 2 aliphatic rings. The van der Waals surface area contributed by atoms with Crippen LogP contribution in [0.2, 0.25) is 0 Å². The Bertz CT molecular complexity index is 775. The van der Waals surface area contributed by atoms with E-state index in [0.717, 1.165) is 0 Å². The lowest BCUT2D eigenvalue weighted by atomic mass is 9.76. The first kappa shape index (κ1) is 16.9. The molecule has 26 heavy (non-hydrogen) atoms. The standard InChI is InChI=1S/C17H19F2N5O2/c18-17(19)9-12(10-17)14-11-26-8-7-23(14)16(25)22-13-3-1-4-20-15(13)24-6-2-5-21-24/h1-6,12,14H,7-11H2,(H,22,25). The van der Waals surface area contributed by atoms with Gasteiger partial charge in [-0.05, 0) is 24.1 Å². The largest absolute Gasteiger partial charge is 0.377 e. The molecular formula is C17H19F2N5O2. The van der Waals surface area contributed by atoms with Crippen molar-refractivity contribution in [3.8, 4) is 5.82 Å². The summed E-state index contributed by atoms with van der Waals surface area (Å²) in [7, 11) is 0. The van der Waals surface area contributed by atoms with Crippen molar-refractivity contribution in [2.24, 2.45) is 5.92 Å². The van der Waals surface area contributed by atoms with Crippen LogP contribution in [-0.2, 0) is 4.74 Å². The minimum Gasteiger partial charge on any atom is -0.377 e. The summed E-state index contributed by atoms with van der Waals surface area (Å²) in [5.74, 6) is -2.37. The zero-order valence-electron chi connectivity index (χ0n) is 14.0. The van der Waals surface area contributed by atoms with Gasteiger partial charge < -0.3 is 15.0 Å². The van der Waals surface area contributed by atoms with Gasteiger partial charge in [-0.3, -0.25) is 0 Å². The van der Waals surface area contributed by atoms with E-state index in [0.29, 0.717) is 24.7 Å². The Labute approximate surface area is 149 Å². The predicted octanol–water partition coefficient (Wildman–Crippen LogP) is 2.55. The van der Waals surface area contributed by atoms with E-state index in [2.05, 4.69) is 15.4 Å². The van der Waals surface area contributed by atoms with Crippen molar-refractivity contribution in [1.82, 2.24) is 19.7 Å². The highest BCUT2D eigenvalue weighted by molar-refractivity contribution is 5.91. The number of amides is 2. The van der Waals surface area contributed by atoms with Crippen LogP contribution >= 0.6 is 0 Å². The maximum absolute atomic E-state index is 13.3. The molecule has 2 aromatic rings. The Hall–Kier alpha value is -2.55. The van der Waals surface area contributed by atoms with Crippen LogP contribution in [0.5, 0.6) is 0 Å². The molecule has 2 fully saturated rings. The molecule has 1 aliphatic carbocycles. The molecule has 0 spiro atoms. The van der Waals surface area contributed by atoms with Crippen LogP contribution in [0.25, 0.3) is 5.82 Å². The van der Waals surface area contributed by atoms with E-state index in [4.69, 9.17) is 4.74 Å². The summed E-state index contributed by atoms with van der Waals surface area (Å²) in [4.78, 5) is 18.7. The Balaban J connectivity index is 1.51. The van der Waals surface area contributed by atoms with Crippen molar-refractivity contribution in [2.75, 3.05) is 25.1 Å². The highest BCUT2D eigenvalue weighted by Gasteiger charge is 2.51. The van der Waals surface area contributed by atoms with E-state index in [9.17, 15) is 13.6 Å². The van der Waals surface area contributed by atoms with Crippen LogP contribution in [-0.4, -0.2) is 57.4 Å². The molecule has 0 aromatic carbocycles. The molecule has 138 valence electrons. The minimum atomic E-state index is -2.62. The Morgan fingerprint density at radius 1 is 1.31 bits per heavy atom. The third-order valence-corrected chi connectivity index (χ3v) is 4.84. The summed E-state index contributed by atoms with van der Waals surface area (Å²) in [6, 6.07) is 4.53. The van der Waals surface area contributed by atoms with Crippen molar-refractivity contribution in [3.05, 3.63) is 36.8 Å². The molecule has 3 heterocycles. The molecule has 4 rings (SSSR count). The van der Waals surface area contributed by atoms with Crippen LogP contribution in [0.4, 0.5) is 19.3 Å². The number of ether oxygens (including phenoxy) is 1. The number of carbonyl (C=O) groups excluding carboxylic acids is 1. The molecule has 9 heteroatoms. The van der Waals surface area contributed by atoms with Crippen molar-refractivity contribution in [2.45, 2.75) is 24.8 Å². The highest BCUT2D eigenvalue weighted by Crippen LogP contribution is 2.45. The number of morpholine rings is 1. The zero-order chi connectivity index (χ0) is 18.1. The van der Waals surface area contributed by atoms with Gasteiger partial charge in [0.2, 0.25) is 5.92 Å². The van der Waals surface area contributed by atoms with Crippen LogP contribution < -0.4 is 5.32 Å². The van der Waals surface area contributed by atoms with Crippen LogP contribution in [0, 0.1) is 5.92 Å². The average Bonchev–Trinajstić information content (AvgIpc) is 3.14. The first-order valence-electron chi connectivity index (χ1n) is 8.52. The maximum atomic E-state index is 13.3. The Morgan fingerprint density at radius 2 is 2.15 bits per heavy atom. The number of aromatic nitrogens is 3. The molecule has 0 radical (unpaired) electrons. The van der Waals surface area contributed by atoms with Crippen LogP contribution in [0.15, 0.2) is 36.8 Å². The second-order valence-electron chi connectivity index (χ2n) is 6.62. The first-order valence-corrected chi connectivity index (χ1v) is 8.52. The number of alkyl halides is 2. The quantitative estimate of drug-likeness (QED) is 0.910. The fourth-order valence-electron chi connectivity index (χ4n) is 3.50. The molecule has 1 atom stereocenters. The third-order valence-electron chi connectivity index (χ3n) is 4.84. The number of nitrogens with one attached hydrogen (secondary N) is 1. The van der Waals surface area contributed by atoms with Gasteiger partial charge in [0.05, 0.1) is 24.9 Å². The fourth-order valence-corrected chi connectivity index (χ4v) is 3.50. The maximum Gasteiger partial charge on any atom is 0.322 e. The summed E-state index contributed by atoms with van der Waals surface area (Å²) in [5, 5.41) is 6.98. The summed E-state index contributed by atoms with van der Waals surface area (Å²) < 4.78 is 33.5. The monoisotopic (exact) mass is 363 g/mol. The number of hydrogen-bond donors (Lipinski definition) is 1. The lowest BCUT2D eigenvalue weighted by Gasteiger charge is -2.46. The molecule has 7 nitrogen and oxygen atoms in total. The number of anilines is 1. The van der Waals surface area contributed by atoms with Crippen LogP contribution in [0.1, 0.15) is 12.8 Å². The highest BCUT2D eigenvalue weighted by atomic mass is 19.3. The van der Waals surface area contributed by atoms with Crippen molar-refractivity contribution in [1.29, 1.82) is 0 Å². The van der Waals surface area contributed by atoms with Gasteiger partial charge in [0.25, 0.3) is 0 Å². The number of urea groups is 1. The topological polar surface area (TPSA) is 72.3 Å². The van der Waals surface area contributed by atoms with Crippen molar-refractivity contribution in [3.63, 3.8) is 0 Å². The molecular weight excluding hydrogens is 344 g/mol. The molecule has 2 amide bonds. The van der Waals surface area contributed by atoms with Gasteiger partial charge in [0.1, 0.15) is 0 Å². The number of rotatable bonds is 3. The second-order valence-corrected chi connectivity index (χ2v) is 6.62. The number of halogens is 2. The number of nitrogens with zero attached hydrogens (tertiary/aromatic N) is 4. The number of pyridine rings is 1. The normalized spacial score (nSPS) is 22.7. The molecule has 2 aromatic heterocycles. The number of hydrogen-bond acceptors (Lipinski definition) is 4. The van der Waals surface area contributed by atoms with E-state index in [1.807, 2.05) is 0 Å². The fraction of sp³-hybridized carbons (Fsp3) is 0.471. The molecule has 1 aliphatic heterocycles. The van der Waals surface area contributed by atoms with E-state index < -0.39 is 5.92 Å². The summed E-state index contributed by atoms with van der Waals surface area (Å²) >= 11 is 0. The predicted molar refractivity (Wildman–Crippen MR) is 89.4 cm³/mol. The summed E-state index contributed by atoms with van der Waals surface area (Å²) in [6.07, 6.45) is 4.56. The number of carbonyl (C=O) groups is 1. The molecule has 1 saturated heterocycles. The SMILES string of the molecule is O=C(Nc1cccnc1-n1cccn1)N1CCOCC1C1CC(F)(F)C1. The Kier molecular flexibility index (Phi) is 4.31. The van der Waals surface area contributed by atoms with Crippen molar-refractivity contribution < 1.29 is 18.3 Å². The first-order chi connectivity index (χ1) is 12.5. The van der Waals surface area contributed by atoms with Crippen LogP contribution in [0.3, 0.4) is 0 Å². The minimum absolute atomic E-state index is 0.198. The van der Waals surface area contributed by atoms with Gasteiger partial charge >= 0.3 is 6.03 Å². The van der Waals surface area contributed by atoms with E-state index in [1.165, 1.54) is 0 Å². The van der Waals surface area contributed by atoms with Gasteiger partial charge in [-0.1, -0.05) is 0 Å². The van der Waals surface area contributed by atoms with Gasteiger partial charge in [0.15, 0.2) is 5.82 Å². The second kappa shape index (κ2) is 6.64.